The van der Waals surface area contributed by atoms with E-state index in [0.29, 0.717) is 13.2 Å². The Labute approximate surface area is 140 Å². The summed E-state index contributed by atoms with van der Waals surface area (Å²) >= 11 is 0. The third-order valence-corrected chi connectivity index (χ3v) is 4.30. The average Bonchev–Trinajstić information content (AvgIpc) is 2.93. The van der Waals surface area contributed by atoms with Crippen LogP contribution in [0.5, 0.6) is 0 Å². The Morgan fingerprint density at radius 1 is 1.38 bits per heavy atom. The van der Waals surface area contributed by atoms with Gasteiger partial charge in [-0.25, -0.2) is 9.97 Å². The van der Waals surface area contributed by atoms with Crippen LogP contribution in [0.3, 0.4) is 0 Å². The Morgan fingerprint density at radius 2 is 2.25 bits per heavy atom. The van der Waals surface area contributed by atoms with Crippen LogP contribution in [0.25, 0.3) is 11.0 Å². The molecule has 0 radical (unpaired) electrons. The normalized spacial score (nSPS) is 17.5. The van der Waals surface area contributed by atoms with Crippen LogP contribution in [0.2, 0.25) is 0 Å². The van der Waals surface area contributed by atoms with Gasteiger partial charge in [-0.05, 0) is 50.5 Å². The first-order chi connectivity index (χ1) is 11.7. The number of fused-ring (bicyclic) bond motifs is 1. The van der Waals surface area contributed by atoms with E-state index in [0.717, 1.165) is 36.0 Å². The van der Waals surface area contributed by atoms with E-state index in [2.05, 4.69) is 9.97 Å². The summed E-state index contributed by atoms with van der Waals surface area (Å²) in [6.45, 7) is 2.78. The summed E-state index contributed by atoms with van der Waals surface area (Å²) in [6, 6.07) is 7.86. The van der Waals surface area contributed by atoms with Gasteiger partial charge >= 0.3 is 5.97 Å². The van der Waals surface area contributed by atoms with Gasteiger partial charge in [-0.2, -0.15) is 0 Å². The first-order valence-corrected chi connectivity index (χ1v) is 8.32. The van der Waals surface area contributed by atoms with Crippen LogP contribution in [-0.4, -0.2) is 46.4 Å². The minimum atomic E-state index is -0.339. The molecule has 0 aromatic carbocycles. The van der Waals surface area contributed by atoms with Gasteiger partial charge in [-0.15, -0.1) is 0 Å². The molecule has 0 N–H and O–H groups in total. The Kier molecular flexibility index (Phi) is 5.03. The maximum absolute atomic E-state index is 12.4. The summed E-state index contributed by atoms with van der Waals surface area (Å²) in [6.07, 6.45) is 3.98. The number of aromatic nitrogens is 2. The van der Waals surface area contributed by atoms with Crippen molar-refractivity contribution in [1.82, 2.24) is 14.9 Å². The molecule has 0 aliphatic carbocycles. The summed E-state index contributed by atoms with van der Waals surface area (Å²) in [7, 11) is 0. The zero-order valence-electron chi connectivity index (χ0n) is 13.8. The number of esters is 1. The number of hydrogen-bond acceptors (Lipinski definition) is 5. The van der Waals surface area contributed by atoms with Gasteiger partial charge in [0.05, 0.1) is 6.61 Å². The van der Waals surface area contributed by atoms with E-state index >= 15 is 0 Å². The van der Waals surface area contributed by atoms with Crippen molar-refractivity contribution in [1.29, 1.82) is 0 Å². The smallest absolute Gasteiger partial charge is 0.325 e. The molecule has 1 aliphatic heterocycles. The third kappa shape index (κ3) is 3.69. The Balaban J connectivity index is 1.56. The number of nitrogens with zero attached hydrogens (tertiary/aromatic N) is 3. The van der Waals surface area contributed by atoms with Crippen LogP contribution < -0.4 is 0 Å². The van der Waals surface area contributed by atoms with Crippen molar-refractivity contribution < 1.29 is 14.3 Å². The largest absolute Gasteiger partial charge is 0.465 e. The van der Waals surface area contributed by atoms with E-state index in [1.807, 2.05) is 24.3 Å². The molecule has 0 spiro atoms. The van der Waals surface area contributed by atoms with E-state index in [9.17, 15) is 9.59 Å². The lowest BCUT2D eigenvalue weighted by atomic mass is 10.0. The number of rotatable bonds is 6. The first kappa shape index (κ1) is 16.4. The molecule has 0 saturated carbocycles. The van der Waals surface area contributed by atoms with Crippen molar-refractivity contribution in [2.24, 2.45) is 5.92 Å². The Bertz CT molecular complexity index is 747. The molecule has 6 heteroatoms. The van der Waals surface area contributed by atoms with Crippen molar-refractivity contribution in [3.05, 3.63) is 36.2 Å². The number of carbonyl (C=O) groups is 2. The number of likely N-dealkylation sites (tertiary alicyclic amines) is 1. The minimum Gasteiger partial charge on any atom is -0.465 e. The molecule has 1 amide bonds. The molecule has 3 rings (SSSR count). The lowest BCUT2D eigenvalue weighted by Crippen LogP contribution is -2.33. The van der Waals surface area contributed by atoms with Crippen LogP contribution >= 0.6 is 0 Å². The molecule has 2 aromatic rings. The highest BCUT2D eigenvalue weighted by Crippen LogP contribution is 2.23. The van der Waals surface area contributed by atoms with Gasteiger partial charge in [-0.3, -0.25) is 9.59 Å². The molecule has 2 aromatic heterocycles. The molecule has 1 saturated heterocycles. The second-order valence-corrected chi connectivity index (χ2v) is 5.94. The molecular formula is C18H21N3O3. The fourth-order valence-electron chi connectivity index (χ4n) is 3.04. The molecular weight excluding hydrogens is 306 g/mol. The molecule has 6 nitrogen and oxygen atoms in total. The number of aryl methyl sites for hydroxylation is 1. The second kappa shape index (κ2) is 7.38. The molecule has 1 unspecified atom stereocenters. The van der Waals surface area contributed by atoms with Crippen LogP contribution in [0.15, 0.2) is 30.5 Å². The van der Waals surface area contributed by atoms with Crippen LogP contribution in [-0.2, 0) is 20.7 Å². The zero-order valence-corrected chi connectivity index (χ0v) is 13.8. The van der Waals surface area contributed by atoms with Crippen molar-refractivity contribution in [3.8, 4) is 0 Å². The van der Waals surface area contributed by atoms with Crippen molar-refractivity contribution >= 4 is 22.9 Å². The summed E-state index contributed by atoms with van der Waals surface area (Å²) in [5.74, 6) is -0.337. The number of hydrogen-bond donors (Lipinski definition) is 0. The Hall–Kier alpha value is -2.50. The molecule has 1 fully saturated rings. The Morgan fingerprint density at radius 3 is 3.08 bits per heavy atom. The summed E-state index contributed by atoms with van der Waals surface area (Å²) < 4.78 is 4.91. The van der Waals surface area contributed by atoms with E-state index in [1.54, 1.807) is 18.0 Å². The van der Waals surface area contributed by atoms with Gasteiger partial charge in [0.25, 0.3) is 0 Å². The topological polar surface area (TPSA) is 72.4 Å². The molecule has 1 aliphatic rings. The van der Waals surface area contributed by atoms with Gasteiger partial charge in [0.15, 0.2) is 5.65 Å². The van der Waals surface area contributed by atoms with Crippen molar-refractivity contribution in [3.63, 3.8) is 0 Å². The zero-order chi connectivity index (χ0) is 16.9. The number of carbonyl (C=O) groups excluding carboxylic acids is 2. The SMILES string of the molecule is CCOC(=O)CN1CCC(CCc2ccc3cccnc3n2)C1=O. The number of pyridine rings is 2. The summed E-state index contributed by atoms with van der Waals surface area (Å²) in [5, 5.41) is 1.01. The molecule has 24 heavy (non-hydrogen) atoms. The van der Waals surface area contributed by atoms with Gasteiger partial charge in [0.2, 0.25) is 5.91 Å². The maximum atomic E-state index is 12.4. The number of amides is 1. The van der Waals surface area contributed by atoms with Crippen LogP contribution in [0.1, 0.15) is 25.5 Å². The predicted octanol–water partition coefficient (Wildman–Crippen LogP) is 1.97. The maximum Gasteiger partial charge on any atom is 0.325 e. The third-order valence-electron chi connectivity index (χ3n) is 4.30. The highest BCUT2D eigenvalue weighted by Gasteiger charge is 2.32. The predicted molar refractivity (Wildman–Crippen MR) is 89.2 cm³/mol. The van der Waals surface area contributed by atoms with Gasteiger partial charge in [-0.1, -0.05) is 0 Å². The second-order valence-electron chi connectivity index (χ2n) is 5.94. The first-order valence-electron chi connectivity index (χ1n) is 8.32. The van der Waals surface area contributed by atoms with Crippen LogP contribution in [0.4, 0.5) is 0 Å². The van der Waals surface area contributed by atoms with Gasteiger partial charge < -0.3 is 9.64 Å². The lowest BCUT2D eigenvalue weighted by molar-refractivity contribution is -0.148. The fraction of sp³-hybridized carbons (Fsp3) is 0.444. The van der Waals surface area contributed by atoms with E-state index in [1.165, 1.54) is 0 Å². The van der Waals surface area contributed by atoms with Gasteiger partial charge in [0, 0.05) is 29.7 Å². The lowest BCUT2D eigenvalue weighted by Gasteiger charge is -2.15. The fourth-order valence-corrected chi connectivity index (χ4v) is 3.04. The molecule has 126 valence electrons. The van der Waals surface area contributed by atoms with E-state index in [-0.39, 0.29) is 24.3 Å². The molecule has 0 bridgehead atoms. The quantitative estimate of drug-likeness (QED) is 0.759. The van der Waals surface area contributed by atoms with Gasteiger partial charge in [0.1, 0.15) is 6.54 Å². The van der Waals surface area contributed by atoms with E-state index < -0.39 is 0 Å². The standard InChI is InChI=1S/C18H21N3O3/c1-2-24-16(22)12-21-11-9-14(18(21)23)6-8-15-7-5-13-4-3-10-19-17(13)20-15/h3-5,7,10,14H,2,6,8-9,11-12H2,1H3. The average molecular weight is 327 g/mol. The monoisotopic (exact) mass is 327 g/mol. The minimum absolute atomic E-state index is 0.0411. The van der Waals surface area contributed by atoms with E-state index in [4.69, 9.17) is 4.74 Å². The molecule has 1 atom stereocenters. The summed E-state index contributed by atoms with van der Waals surface area (Å²) in [5.41, 5.74) is 1.68. The highest BCUT2D eigenvalue weighted by molar-refractivity contribution is 5.85. The highest BCUT2D eigenvalue weighted by atomic mass is 16.5. The molecule has 3 heterocycles. The summed E-state index contributed by atoms with van der Waals surface area (Å²) in [4.78, 5) is 34.3. The number of ether oxygens (including phenoxy) is 1. The van der Waals surface area contributed by atoms with Crippen molar-refractivity contribution in [2.75, 3.05) is 19.7 Å². The van der Waals surface area contributed by atoms with Crippen LogP contribution in [0, 0.1) is 5.92 Å². The van der Waals surface area contributed by atoms with Crippen molar-refractivity contribution in [2.45, 2.75) is 26.2 Å².